The Hall–Kier alpha value is -1.10. The highest BCUT2D eigenvalue weighted by atomic mass is 35.5. The van der Waals surface area contributed by atoms with Crippen LogP contribution in [-0.4, -0.2) is 23.3 Å². The van der Waals surface area contributed by atoms with Gasteiger partial charge in [0.25, 0.3) is 0 Å². The topological polar surface area (TPSA) is 53.1 Å². The molecule has 0 aliphatic carbocycles. The molecular formula is C12H16ClN3O. The number of halogens is 1. The largest absolute Gasteiger partial charge is 0.383 e. The van der Waals surface area contributed by atoms with Crippen molar-refractivity contribution < 1.29 is 4.74 Å². The Bertz CT molecular complexity index is 524. The molecule has 5 heteroatoms. The Morgan fingerprint density at radius 2 is 2.29 bits per heavy atom. The quantitative estimate of drug-likeness (QED) is 0.910. The first-order valence-corrected chi connectivity index (χ1v) is 5.96. The molecule has 1 atom stereocenters. The zero-order valence-electron chi connectivity index (χ0n) is 9.98. The molecule has 0 aliphatic rings. The lowest BCUT2D eigenvalue weighted by atomic mass is 10.3. The second kappa shape index (κ2) is 5.04. The molecule has 1 heterocycles. The second-order valence-corrected chi connectivity index (χ2v) is 4.29. The van der Waals surface area contributed by atoms with Gasteiger partial charge in [0, 0.05) is 13.7 Å². The van der Waals surface area contributed by atoms with E-state index in [4.69, 9.17) is 22.1 Å². The molecule has 1 aromatic carbocycles. The average molecular weight is 254 g/mol. The number of fused-ring (bicyclic) bond motifs is 1. The van der Waals surface area contributed by atoms with E-state index in [0.29, 0.717) is 11.6 Å². The van der Waals surface area contributed by atoms with Gasteiger partial charge in [-0.15, -0.1) is 0 Å². The summed E-state index contributed by atoms with van der Waals surface area (Å²) in [5, 5.41) is 0.702. The molecular weight excluding hydrogens is 238 g/mol. The van der Waals surface area contributed by atoms with Crippen LogP contribution in [0.3, 0.4) is 0 Å². The number of rotatable bonds is 4. The maximum atomic E-state index is 6.20. The number of ether oxygens (including phenoxy) is 1. The maximum Gasteiger partial charge on any atom is 0.129 e. The molecule has 0 aliphatic heterocycles. The van der Waals surface area contributed by atoms with Crippen LogP contribution >= 0.6 is 11.6 Å². The minimum absolute atomic E-state index is 0.233. The van der Waals surface area contributed by atoms with Crippen molar-refractivity contribution in [2.75, 3.05) is 13.7 Å². The number of nitrogens with two attached hydrogens (primary N) is 1. The van der Waals surface area contributed by atoms with E-state index in [1.54, 1.807) is 7.11 Å². The van der Waals surface area contributed by atoms with E-state index in [1.807, 2.05) is 29.7 Å². The molecule has 2 rings (SSSR count). The standard InChI is InChI=1S/C12H16ClN3O/c1-3-16-11-8(13)5-4-6-10(11)15-12(16)9(14)7-17-2/h4-6,9H,3,7,14H2,1-2H3. The van der Waals surface area contributed by atoms with Crippen LogP contribution in [0.4, 0.5) is 0 Å². The molecule has 1 aromatic heterocycles. The van der Waals surface area contributed by atoms with Gasteiger partial charge < -0.3 is 15.0 Å². The van der Waals surface area contributed by atoms with E-state index >= 15 is 0 Å². The SMILES string of the molecule is CCn1c(C(N)COC)nc2cccc(Cl)c21. The molecule has 17 heavy (non-hydrogen) atoms. The summed E-state index contributed by atoms with van der Waals surface area (Å²) >= 11 is 6.20. The van der Waals surface area contributed by atoms with Crippen molar-refractivity contribution >= 4 is 22.6 Å². The summed E-state index contributed by atoms with van der Waals surface area (Å²) in [6.07, 6.45) is 0. The first-order chi connectivity index (χ1) is 8.19. The van der Waals surface area contributed by atoms with Crippen LogP contribution in [0.2, 0.25) is 5.02 Å². The predicted molar refractivity (Wildman–Crippen MR) is 69.2 cm³/mol. The molecule has 0 radical (unpaired) electrons. The molecule has 0 saturated heterocycles. The smallest absolute Gasteiger partial charge is 0.129 e. The van der Waals surface area contributed by atoms with Gasteiger partial charge in [-0.25, -0.2) is 4.98 Å². The number of hydrogen-bond acceptors (Lipinski definition) is 3. The van der Waals surface area contributed by atoms with Crippen LogP contribution < -0.4 is 5.73 Å². The normalized spacial score (nSPS) is 13.2. The van der Waals surface area contributed by atoms with Crippen LogP contribution in [0, 0.1) is 0 Å². The number of imidazole rings is 1. The number of para-hydroxylation sites is 1. The number of methoxy groups -OCH3 is 1. The van der Waals surface area contributed by atoms with Crippen molar-refractivity contribution in [1.29, 1.82) is 0 Å². The Labute approximate surface area is 105 Å². The van der Waals surface area contributed by atoms with Crippen molar-refractivity contribution in [2.24, 2.45) is 5.73 Å². The van der Waals surface area contributed by atoms with Gasteiger partial charge in [0.1, 0.15) is 5.82 Å². The maximum absolute atomic E-state index is 6.20. The fourth-order valence-electron chi connectivity index (χ4n) is 2.02. The molecule has 4 nitrogen and oxygen atoms in total. The van der Waals surface area contributed by atoms with Crippen molar-refractivity contribution in [1.82, 2.24) is 9.55 Å². The molecule has 0 spiro atoms. The van der Waals surface area contributed by atoms with E-state index in [0.717, 1.165) is 23.4 Å². The zero-order valence-corrected chi connectivity index (χ0v) is 10.7. The lowest BCUT2D eigenvalue weighted by Gasteiger charge is -2.12. The summed E-state index contributed by atoms with van der Waals surface area (Å²) in [5.41, 5.74) is 7.86. The third kappa shape index (κ3) is 2.16. The summed E-state index contributed by atoms with van der Waals surface area (Å²) in [4.78, 5) is 4.54. The molecule has 0 saturated carbocycles. The fourth-order valence-corrected chi connectivity index (χ4v) is 2.29. The number of aromatic nitrogens is 2. The van der Waals surface area contributed by atoms with Gasteiger partial charge >= 0.3 is 0 Å². The molecule has 2 N–H and O–H groups in total. The van der Waals surface area contributed by atoms with E-state index in [1.165, 1.54) is 0 Å². The van der Waals surface area contributed by atoms with Gasteiger partial charge in [-0.1, -0.05) is 17.7 Å². The lowest BCUT2D eigenvalue weighted by Crippen LogP contribution is -2.20. The van der Waals surface area contributed by atoms with Crippen molar-refractivity contribution in [3.05, 3.63) is 29.0 Å². The monoisotopic (exact) mass is 253 g/mol. The highest BCUT2D eigenvalue weighted by Gasteiger charge is 2.17. The van der Waals surface area contributed by atoms with Gasteiger partial charge in [0.15, 0.2) is 0 Å². The molecule has 92 valence electrons. The number of nitrogens with zero attached hydrogens (tertiary/aromatic N) is 2. The first kappa shape index (κ1) is 12.4. The van der Waals surface area contributed by atoms with Gasteiger partial charge in [-0.2, -0.15) is 0 Å². The zero-order chi connectivity index (χ0) is 12.4. The fraction of sp³-hybridized carbons (Fsp3) is 0.417. The van der Waals surface area contributed by atoms with E-state index in [9.17, 15) is 0 Å². The van der Waals surface area contributed by atoms with Crippen LogP contribution in [-0.2, 0) is 11.3 Å². The van der Waals surface area contributed by atoms with Gasteiger partial charge in [-0.3, -0.25) is 0 Å². The third-order valence-corrected chi connectivity index (χ3v) is 3.05. The van der Waals surface area contributed by atoms with Crippen LogP contribution in [0.5, 0.6) is 0 Å². The molecule has 2 aromatic rings. The molecule has 0 fully saturated rings. The predicted octanol–water partition coefficient (Wildman–Crippen LogP) is 2.36. The Balaban J connectivity index is 2.60. The van der Waals surface area contributed by atoms with Crippen LogP contribution in [0.1, 0.15) is 18.8 Å². The highest BCUT2D eigenvalue weighted by molar-refractivity contribution is 6.35. The van der Waals surface area contributed by atoms with E-state index in [2.05, 4.69) is 4.98 Å². The third-order valence-electron chi connectivity index (χ3n) is 2.74. The van der Waals surface area contributed by atoms with Crippen molar-refractivity contribution in [3.63, 3.8) is 0 Å². The Kier molecular flexibility index (Phi) is 3.66. The molecule has 0 amide bonds. The summed E-state index contributed by atoms with van der Waals surface area (Å²) in [6.45, 7) is 3.28. The summed E-state index contributed by atoms with van der Waals surface area (Å²) in [7, 11) is 1.63. The minimum atomic E-state index is -0.233. The second-order valence-electron chi connectivity index (χ2n) is 3.88. The lowest BCUT2D eigenvalue weighted by molar-refractivity contribution is 0.177. The van der Waals surface area contributed by atoms with Gasteiger partial charge in [0.05, 0.1) is 28.7 Å². The molecule has 0 bridgehead atoms. The van der Waals surface area contributed by atoms with E-state index < -0.39 is 0 Å². The van der Waals surface area contributed by atoms with Crippen molar-refractivity contribution in [3.8, 4) is 0 Å². The van der Waals surface area contributed by atoms with Gasteiger partial charge in [-0.05, 0) is 19.1 Å². The summed E-state index contributed by atoms with van der Waals surface area (Å²) < 4.78 is 7.12. The van der Waals surface area contributed by atoms with Crippen LogP contribution in [0.25, 0.3) is 11.0 Å². The van der Waals surface area contributed by atoms with E-state index in [-0.39, 0.29) is 6.04 Å². The Morgan fingerprint density at radius 1 is 1.53 bits per heavy atom. The number of hydrogen-bond donors (Lipinski definition) is 1. The number of aryl methyl sites for hydroxylation is 1. The highest BCUT2D eigenvalue weighted by Crippen LogP contribution is 2.26. The number of benzene rings is 1. The van der Waals surface area contributed by atoms with Gasteiger partial charge in [0.2, 0.25) is 0 Å². The minimum Gasteiger partial charge on any atom is -0.383 e. The molecule has 1 unspecified atom stereocenters. The average Bonchev–Trinajstić information content (AvgIpc) is 2.69. The van der Waals surface area contributed by atoms with Crippen molar-refractivity contribution in [2.45, 2.75) is 19.5 Å². The summed E-state index contributed by atoms with van der Waals surface area (Å²) in [5.74, 6) is 0.817. The van der Waals surface area contributed by atoms with Crippen LogP contribution in [0.15, 0.2) is 18.2 Å². The Morgan fingerprint density at radius 3 is 2.94 bits per heavy atom. The summed E-state index contributed by atoms with van der Waals surface area (Å²) in [6, 6.07) is 5.46. The first-order valence-electron chi connectivity index (χ1n) is 5.58.